The number of methoxy groups -OCH3 is 1. The second kappa shape index (κ2) is 7.89. The quantitative estimate of drug-likeness (QED) is 0.689. The van der Waals surface area contributed by atoms with Gasteiger partial charge in [0.15, 0.2) is 0 Å². The van der Waals surface area contributed by atoms with Gasteiger partial charge in [0.25, 0.3) is 0 Å². The summed E-state index contributed by atoms with van der Waals surface area (Å²) in [4.78, 5) is 9.29. The minimum absolute atomic E-state index is 0.303. The van der Waals surface area contributed by atoms with Gasteiger partial charge in [-0.2, -0.15) is 0 Å². The second-order valence-corrected chi connectivity index (χ2v) is 7.11. The molecule has 4 rings (SSSR count). The fourth-order valence-electron chi connectivity index (χ4n) is 3.86. The summed E-state index contributed by atoms with van der Waals surface area (Å²) in [5.41, 5.74) is 6.00. The van der Waals surface area contributed by atoms with E-state index in [4.69, 9.17) is 4.74 Å². The number of benzene rings is 2. The highest BCUT2D eigenvalue weighted by molar-refractivity contribution is 5.63. The lowest BCUT2D eigenvalue weighted by Crippen LogP contribution is -2.18. The van der Waals surface area contributed by atoms with E-state index >= 15 is 0 Å². The molecule has 2 aromatic carbocycles. The lowest BCUT2D eigenvalue weighted by Gasteiger charge is -2.27. The Kier molecular flexibility index (Phi) is 5.16. The van der Waals surface area contributed by atoms with Crippen molar-refractivity contribution in [1.82, 2.24) is 9.97 Å². The molecule has 0 unspecified atom stereocenters. The third-order valence-corrected chi connectivity index (χ3v) is 5.06. The van der Waals surface area contributed by atoms with Gasteiger partial charge in [-0.15, -0.1) is 0 Å². The zero-order valence-corrected chi connectivity index (χ0v) is 15.9. The van der Waals surface area contributed by atoms with Crippen LogP contribution in [0.2, 0.25) is 0 Å². The van der Waals surface area contributed by atoms with Crippen molar-refractivity contribution >= 4 is 5.82 Å². The van der Waals surface area contributed by atoms with E-state index in [1.165, 1.54) is 17.5 Å². The highest BCUT2D eigenvalue weighted by atomic mass is 16.5. The summed E-state index contributed by atoms with van der Waals surface area (Å²) in [5.74, 6) is 1.66. The third kappa shape index (κ3) is 4.01. The van der Waals surface area contributed by atoms with Crippen molar-refractivity contribution in [2.24, 2.45) is 0 Å². The molecule has 4 nitrogen and oxygen atoms in total. The molecule has 4 heteroatoms. The van der Waals surface area contributed by atoms with Gasteiger partial charge in [-0.1, -0.05) is 42.5 Å². The van der Waals surface area contributed by atoms with Gasteiger partial charge in [0.2, 0.25) is 0 Å². The largest absolute Gasteiger partial charge is 0.380 e. The van der Waals surface area contributed by atoms with Crippen LogP contribution in [0.25, 0.3) is 11.3 Å². The lowest BCUT2D eigenvalue weighted by atomic mass is 9.88. The van der Waals surface area contributed by atoms with Crippen molar-refractivity contribution in [3.8, 4) is 11.3 Å². The molecule has 1 aromatic heterocycles. The molecule has 3 aromatic rings. The number of nitrogens with one attached hydrogen (secondary N) is 1. The molecule has 0 spiro atoms. The molecule has 1 aliphatic carbocycles. The van der Waals surface area contributed by atoms with E-state index in [0.29, 0.717) is 12.6 Å². The minimum atomic E-state index is 0.303. The van der Waals surface area contributed by atoms with Crippen molar-refractivity contribution in [2.75, 3.05) is 12.4 Å². The Bertz CT molecular complexity index is 938. The maximum atomic E-state index is 5.25. The first-order valence-electron chi connectivity index (χ1n) is 9.51. The van der Waals surface area contributed by atoms with Crippen molar-refractivity contribution < 1.29 is 4.74 Å². The summed E-state index contributed by atoms with van der Waals surface area (Å²) in [6, 6.07) is 19.4. The summed E-state index contributed by atoms with van der Waals surface area (Å²) in [7, 11) is 1.71. The van der Waals surface area contributed by atoms with E-state index in [2.05, 4.69) is 63.8 Å². The van der Waals surface area contributed by atoms with E-state index < -0.39 is 0 Å². The molecular weight excluding hydrogens is 334 g/mol. The number of fused-ring (bicyclic) bond motifs is 1. The van der Waals surface area contributed by atoms with Crippen LogP contribution >= 0.6 is 0 Å². The molecule has 0 amide bonds. The standard InChI is InChI=1S/C23H25N3O/c1-16-24-22(19-10-5-7-17(13-19)15-27-2)14-23(25-16)26-21-12-6-9-18-8-3-4-11-20(18)21/h3-5,7-8,10-11,13-14,21H,6,9,12,15H2,1-2H3,(H,24,25,26)/t21-/m1/s1. The first-order chi connectivity index (χ1) is 13.2. The van der Waals surface area contributed by atoms with Crippen molar-refractivity contribution in [1.29, 1.82) is 0 Å². The van der Waals surface area contributed by atoms with Gasteiger partial charge >= 0.3 is 0 Å². The van der Waals surface area contributed by atoms with Crippen LogP contribution in [0, 0.1) is 6.92 Å². The maximum absolute atomic E-state index is 5.25. The van der Waals surface area contributed by atoms with E-state index in [1.54, 1.807) is 7.11 Å². The number of nitrogens with zero attached hydrogens (tertiary/aromatic N) is 2. The maximum Gasteiger partial charge on any atom is 0.130 e. The van der Waals surface area contributed by atoms with Crippen LogP contribution in [0.15, 0.2) is 54.6 Å². The number of anilines is 1. The molecule has 138 valence electrons. The van der Waals surface area contributed by atoms with Crippen LogP contribution < -0.4 is 5.32 Å². The van der Waals surface area contributed by atoms with Crippen LogP contribution in [0.4, 0.5) is 5.82 Å². The van der Waals surface area contributed by atoms with Crippen LogP contribution in [0.3, 0.4) is 0 Å². The predicted octanol–water partition coefficient (Wildman–Crippen LogP) is 5.09. The van der Waals surface area contributed by atoms with Crippen molar-refractivity contribution in [2.45, 2.75) is 38.8 Å². The van der Waals surface area contributed by atoms with E-state index in [9.17, 15) is 0 Å². The molecule has 0 aliphatic heterocycles. The number of hydrogen-bond acceptors (Lipinski definition) is 4. The zero-order chi connectivity index (χ0) is 18.6. The van der Waals surface area contributed by atoms with Gasteiger partial charge in [-0.25, -0.2) is 9.97 Å². The molecule has 1 atom stereocenters. The monoisotopic (exact) mass is 359 g/mol. The highest BCUT2D eigenvalue weighted by Crippen LogP contribution is 2.32. The number of aromatic nitrogens is 2. The molecule has 0 radical (unpaired) electrons. The fraction of sp³-hybridized carbons (Fsp3) is 0.304. The van der Waals surface area contributed by atoms with Gasteiger partial charge in [0, 0.05) is 18.7 Å². The Morgan fingerprint density at radius 1 is 1.07 bits per heavy atom. The van der Waals surface area contributed by atoms with Crippen LogP contribution in [-0.2, 0) is 17.8 Å². The molecule has 27 heavy (non-hydrogen) atoms. The zero-order valence-electron chi connectivity index (χ0n) is 15.9. The SMILES string of the molecule is COCc1cccc(-c2cc(N[C@@H]3CCCc4ccccc43)nc(C)n2)c1. The Hall–Kier alpha value is -2.72. The molecular formula is C23H25N3O. The minimum Gasteiger partial charge on any atom is -0.380 e. The van der Waals surface area contributed by atoms with Crippen LogP contribution in [-0.4, -0.2) is 17.1 Å². The van der Waals surface area contributed by atoms with Crippen LogP contribution in [0.5, 0.6) is 0 Å². The Labute approximate surface area is 160 Å². The third-order valence-electron chi connectivity index (χ3n) is 5.06. The van der Waals surface area contributed by atoms with Gasteiger partial charge in [-0.3, -0.25) is 0 Å². The summed E-state index contributed by atoms with van der Waals surface area (Å²) in [5, 5.41) is 3.65. The van der Waals surface area contributed by atoms with E-state index in [0.717, 1.165) is 41.3 Å². The molecule has 0 saturated carbocycles. The number of hydrogen-bond donors (Lipinski definition) is 1. The first-order valence-corrected chi connectivity index (χ1v) is 9.51. The van der Waals surface area contributed by atoms with Crippen molar-refractivity contribution in [3.05, 3.63) is 77.1 Å². The molecule has 0 fully saturated rings. The summed E-state index contributed by atoms with van der Waals surface area (Å²) in [6.07, 6.45) is 3.48. The van der Waals surface area contributed by atoms with E-state index in [1.807, 2.05) is 13.0 Å². The normalized spacial score (nSPS) is 16.0. The first kappa shape index (κ1) is 17.7. The van der Waals surface area contributed by atoms with Crippen LogP contribution in [0.1, 0.15) is 41.4 Å². The number of ether oxygens (including phenoxy) is 1. The average Bonchev–Trinajstić information content (AvgIpc) is 2.68. The fourth-order valence-corrected chi connectivity index (χ4v) is 3.86. The molecule has 1 heterocycles. The second-order valence-electron chi connectivity index (χ2n) is 7.11. The number of rotatable bonds is 5. The van der Waals surface area contributed by atoms with Gasteiger partial charge in [0.05, 0.1) is 18.3 Å². The molecule has 0 bridgehead atoms. The van der Waals surface area contributed by atoms with Crippen molar-refractivity contribution in [3.63, 3.8) is 0 Å². The van der Waals surface area contributed by atoms with Gasteiger partial charge in [-0.05, 0) is 48.9 Å². The molecule has 1 N–H and O–H groups in total. The molecule has 1 aliphatic rings. The van der Waals surface area contributed by atoms with Gasteiger partial charge in [0.1, 0.15) is 11.6 Å². The molecule has 0 saturated heterocycles. The Morgan fingerprint density at radius 2 is 1.96 bits per heavy atom. The summed E-state index contributed by atoms with van der Waals surface area (Å²) in [6.45, 7) is 2.55. The smallest absolute Gasteiger partial charge is 0.130 e. The summed E-state index contributed by atoms with van der Waals surface area (Å²) >= 11 is 0. The average molecular weight is 359 g/mol. The van der Waals surface area contributed by atoms with E-state index in [-0.39, 0.29) is 0 Å². The highest BCUT2D eigenvalue weighted by Gasteiger charge is 2.20. The number of aryl methyl sites for hydroxylation is 2. The predicted molar refractivity (Wildman–Crippen MR) is 109 cm³/mol. The lowest BCUT2D eigenvalue weighted by molar-refractivity contribution is 0.185. The summed E-state index contributed by atoms with van der Waals surface area (Å²) < 4.78 is 5.25. The Morgan fingerprint density at radius 3 is 2.85 bits per heavy atom. The Balaban J connectivity index is 1.63. The van der Waals surface area contributed by atoms with Gasteiger partial charge < -0.3 is 10.1 Å². The topological polar surface area (TPSA) is 47.0 Å².